The molecule has 3 aliphatic rings. The number of thiophene rings is 1. The minimum atomic E-state index is 0.416. The zero-order valence-electron chi connectivity index (χ0n) is 14.4. The quantitative estimate of drug-likeness (QED) is 0.729. The maximum absolute atomic E-state index is 6.15. The number of hydrogen-bond acceptors (Lipinski definition) is 7. The van der Waals surface area contributed by atoms with Gasteiger partial charge in [0, 0.05) is 27.8 Å². The number of nitrogens with zero attached hydrogens (tertiary/aromatic N) is 3. The van der Waals surface area contributed by atoms with Crippen molar-refractivity contribution in [3.8, 4) is 0 Å². The summed E-state index contributed by atoms with van der Waals surface area (Å²) in [4.78, 5) is 13.2. The Labute approximate surface area is 175 Å². The topological polar surface area (TPSA) is 40.0 Å². The van der Waals surface area contributed by atoms with Gasteiger partial charge in [0.25, 0.3) is 0 Å². The van der Waals surface area contributed by atoms with E-state index in [1.807, 2.05) is 29.5 Å². The second-order valence-electron chi connectivity index (χ2n) is 6.54. The average molecular weight is 433 g/mol. The van der Waals surface area contributed by atoms with Gasteiger partial charge in [-0.15, -0.1) is 11.3 Å². The predicted molar refractivity (Wildman–Crippen MR) is 119 cm³/mol. The minimum absolute atomic E-state index is 0.416. The van der Waals surface area contributed by atoms with Crippen LogP contribution in [0.1, 0.15) is 10.4 Å². The molecule has 1 aromatic heterocycles. The smallest absolute Gasteiger partial charge is 0.173 e. The van der Waals surface area contributed by atoms with Crippen molar-refractivity contribution in [3.05, 3.63) is 62.3 Å². The number of aliphatic imine (C=N–C) groups is 2. The van der Waals surface area contributed by atoms with E-state index in [4.69, 9.17) is 16.6 Å². The second kappa shape index (κ2) is 7.54. The Balaban J connectivity index is 1.18. The molecule has 0 spiro atoms. The molecule has 1 aromatic carbocycles. The fourth-order valence-corrected chi connectivity index (χ4v) is 6.22. The van der Waals surface area contributed by atoms with Gasteiger partial charge in [-0.05, 0) is 40.6 Å². The molecule has 8 heteroatoms. The zero-order chi connectivity index (χ0) is 18.2. The van der Waals surface area contributed by atoms with E-state index in [0.717, 1.165) is 46.3 Å². The first-order chi connectivity index (χ1) is 13.2. The van der Waals surface area contributed by atoms with Crippen molar-refractivity contribution < 1.29 is 0 Å². The number of amidine groups is 2. The molecule has 27 heavy (non-hydrogen) atoms. The van der Waals surface area contributed by atoms with Gasteiger partial charge in [-0.1, -0.05) is 41.2 Å². The lowest BCUT2D eigenvalue weighted by Crippen LogP contribution is -2.31. The van der Waals surface area contributed by atoms with E-state index in [9.17, 15) is 0 Å². The number of benzene rings is 1. The summed E-state index contributed by atoms with van der Waals surface area (Å²) in [5.41, 5.74) is 3.48. The highest BCUT2D eigenvalue weighted by Crippen LogP contribution is 2.38. The molecule has 1 unspecified atom stereocenters. The van der Waals surface area contributed by atoms with Gasteiger partial charge in [-0.2, -0.15) is 0 Å². The van der Waals surface area contributed by atoms with Crippen molar-refractivity contribution in [1.82, 2.24) is 10.2 Å². The molecule has 0 bridgehead atoms. The van der Waals surface area contributed by atoms with Crippen LogP contribution in [0.15, 0.2) is 56.8 Å². The summed E-state index contributed by atoms with van der Waals surface area (Å²) in [6, 6.07) is 10.6. The van der Waals surface area contributed by atoms with E-state index in [0.29, 0.717) is 6.04 Å². The van der Waals surface area contributed by atoms with Crippen molar-refractivity contribution in [2.24, 2.45) is 9.98 Å². The average Bonchev–Trinajstić information content (AvgIpc) is 3.40. The first-order valence-electron chi connectivity index (χ1n) is 8.71. The van der Waals surface area contributed by atoms with E-state index in [1.165, 1.54) is 16.1 Å². The van der Waals surface area contributed by atoms with Crippen molar-refractivity contribution >= 4 is 62.5 Å². The summed E-state index contributed by atoms with van der Waals surface area (Å²) in [5, 5.41) is 10.8. The van der Waals surface area contributed by atoms with Gasteiger partial charge in [0.2, 0.25) is 0 Å². The monoisotopic (exact) mass is 432 g/mol. The molecular weight excluding hydrogens is 416 g/mol. The Bertz CT molecular complexity index is 952. The predicted octanol–water partition coefficient (Wildman–Crippen LogP) is 5.10. The highest BCUT2D eigenvalue weighted by Gasteiger charge is 2.28. The normalized spacial score (nSPS) is 20.6. The molecule has 4 heterocycles. The van der Waals surface area contributed by atoms with Gasteiger partial charge >= 0.3 is 0 Å². The SMILES string of the molecule is Clc1ccc2c(c1)CN1C(CSC3=NCC(Cc4cccs4)N3)=CSC1=N2. The van der Waals surface area contributed by atoms with Crippen LogP contribution in [0, 0.1) is 0 Å². The maximum Gasteiger partial charge on any atom is 0.173 e. The summed E-state index contributed by atoms with van der Waals surface area (Å²) < 4.78 is 0. The lowest BCUT2D eigenvalue weighted by molar-refractivity contribution is 0.519. The van der Waals surface area contributed by atoms with Crippen LogP contribution in [0.4, 0.5) is 5.69 Å². The van der Waals surface area contributed by atoms with Crippen LogP contribution < -0.4 is 5.32 Å². The van der Waals surface area contributed by atoms with Crippen LogP contribution in [0.25, 0.3) is 0 Å². The van der Waals surface area contributed by atoms with E-state index in [2.05, 4.69) is 38.1 Å². The number of thioether (sulfide) groups is 2. The molecule has 0 amide bonds. The molecule has 4 nitrogen and oxygen atoms in total. The standard InChI is InChI=1S/C19H17ClN4S3/c20-13-3-4-17-12(6-13)9-24-15(11-27-19(24)23-17)10-26-18-21-8-14(22-18)7-16-2-1-5-25-16/h1-6,11,14H,7-10H2,(H,21,22). The van der Waals surface area contributed by atoms with Gasteiger partial charge < -0.3 is 10.2 Å². The van der Waals surface area contributed by atoms with Crippen LogP contribution in [0.3, 0.4) is 0 Å². The molecule has 0 aliphatic carbocycles. The third-order valence-corrected chi connectivity index (χ3v) is 7.64. The second-order valence-corrected chi connectivity index (χ2v) is 9.81. The van der Waals surface area contributed by atoms with Gasteiger partial charge in [-0.25, -0.2) is 4.99 Å². The van der Waals surface area contributed by atoms with E-state index < -0.39 is 0 Å². The first kappa shape index (κ1) is 17.7. The highest BCUT2D eigenvalue weighted by molar-refractivity contribution is 8.17. The molecule has 3 aliphatic heterocycles. The molecule has 138 valence electrons. The van der Waals surface area contributed by atoms with Gasteiger partial charge in [0.15, 0.2) is 10.3 Å². The Kier molecular flexibility index (Phi) is 4.94. The minimum Gasteiger partial charge on any atom is -0.360 e. The number of halogens is 1. The van der Waals surface area contributed by atoms with Crippen LogP contribution in [-0.4, -0.2) is 33.6 Å². The van der Waals surface area contributed by atoms with Crippen LogP contribution >= 0.6 is 46.5 Å². The molecule has 2 aromatic rings. The number of rotatable bonds is 4. The van der Waals surface area contributed by atoms with Crippen molar-refractivity contribution in [2.45, 2.75) is 19.0 Å². The molecule has 0 saturated carbocycles. The van der Waals surface area contributed by atoms with Crippen molar-refractivity contribution in [1.29, 1.82) is 0 Å². The van der Waals surface area contributed by atoms with Gasteiger partial charge in [0.1, 0.15) is 0 Å². The number of nitrogens with one attached hydrogen (secondary N) is 1. The molecular formula is C19H17ClN4S3. The molecule has 1 atom stereocenters. The number of hydrogen-bond donors (Lipinski definition) is 1. The largest absolute Gasteiger partial charge is 0.360 e. The Morgan fingerprint density at radius 2 is 2.30 bits per heavy atom. The third kappa shape index (κ3) is 3.78. The first-order valence-corrected chi connectivity index (χ1v) is 11.8. The molecule has 0 radical (unpaired) electrons. The van der Waals surface area contributed by atoms with Crippen LogP contribution in [-0.2, 0) is 13.0 Å². The van der Waals surface area contributed by atoms with E-state index in [-0.39, 0.29) is 0 Å². The Morgan fingerprint density at radius 3 is 3.19 bits per heavy atom. The lowest BCUT2D eigenvalue weighted by atomic mass is 10.1. The summed E-state index contributed by atoms with van der Waals surface area (Å²) >= 11 is 11.4. The highest BCUT2D eigenvalue weighted by atomic mass is 35.5. The fourth-order valence-electron chi connectivity index (χ4n) is 3.28. The number of fused-ring (bicyclic) bond motifs is 2. The van der Waals surface area contributed by atoms with E-state index in [1.54, 1.807) is 23.5 Å². The summed E-state index contributed by atoms with van der Waals surface area (Å²) in [6.45, 7) is 1.69. The molecule has 0 fully saturated rings. The zero-order valence-corrected chi connectivity index (χ0v) is 17.6. The van der Waals surface area contributed by atoms with Gasteiger partial charge in [0.05, 0.1) is 24.8 Å². The van der Waals surface area contributed by atoms with Crippen LogP contribution in [0.2, 0.25) is 5.02 Å². The third-order valence-electron chi connectivity index (χ3n) is 4.63. The summed E-state index contributed by atoms with van der Waals surface area (Å²) in [6.07, 6.45) is 1.05. The maximum atomic E-state index is 6.15. The fraction of sp³-hybridized carbons (Fsp3) is 0.263. The van der Waals surface area contributed by atoms with Crippen LogP contribution in [0.5, 0.6) is 0 Å². The molecule has 5 rings (SSSR count). The molecule has 1 N–H and O–H groups in total. The Hall–Kier alpha value is -1.41. The van der Waals surface area contributed by atoms with E-state index >= 15 is 0 Å². The summed E-state index contributed by atoms with van der Waals surface area (Å²) in [7, 11) is 0. The Morgan fingerprint density at radius 1 is 1.33 bits per heavy atom. The van der Waals surface area contributed by atoms with Gasteiger partial charge in [-0.3, -0.25) is 4.99 Å². The summed E-state index contributed by atoms with van der Waals surface area (Å²) in [5.74, 6) is 0.888. The van der Waals surface area contributed by atoms with Crippen molar-refractivity contribution in [3.63, 3.8) is 0 Å². The lowest BCUT2D eigenvalue weighted by Gasteiger charge is -2.27. The van der Waals surface area contributed by atoms with Crippen molar-refractivity contribution in [2.75, 3.05) is 12.3 Å². The molecule has 0 saturated heterocycles.